The van der Waals surface area contributed by atoms with Crippen LogP contribution in [0.5, 0.6) is 0 Å². The van der Waals surface area contributed by atoms with E-state index < -0.39 is 8.32 Å². The summed E-state index contributed by atoms with van der Waals surface area (Å²) in [7, 11) is -1.22. The standard InChI is InChI=1S/C31H38O4Si/c1-25(29(30(32)33-5)24-34-23-26-15-9-6-10-16-26)21-22-35-36(31(2,3)4,27-17-11-7-12-18-27)28-19-13-8-14-20-28/h6-20H,21-24H2,1-5H3/b29-25+. The van der Waals surface area contributed by atoms with Gasteiger partial charge in [-0.2, -0.15) is 0 Å². The van der Waals surface area contributed by atoms with Gasteiger partial charge in [-0.25, -0.2) is 4.79 Å². The maximum Gasteiger partial charge on any atom is 0.336 e. The van der Waals surface area contributed by atoms with Gasteiger partial charge in [0, 0.05) is 6.61 Å². The highest BCUT2D eigenvalue weighted by molar-refractivity contribution is 6.99. The van der Waals surface area contributed by atoms with Crippen molar-refractivity contribution in [2.75, 3.05) is 20.3 Å². The number of hydrogen-bond donors (Lipinski definition) is 0. The number of ether oxygens (including phenoxy) is 2. The van der Waals surface area contributed by atoms with Crippen molar-refractivity contribution in [1.29, 1.82) is 0 Å². The van der Waals surface area contributed by atoms with Gasteiger partial charge in [-0.1, -0.05) is 117 Å². The first-order valence-electron chi connectivity index (χ1n) is 12.4. The zero-order valence-electron chi connectivity index (χ0n) is 22.1. The van der Waals surface area contributed by atoms with Gasteiger partial charge in [-0.3, -0.25) is 0 Å². The molecule has 0 aliphatic rings. The second-order valence-corrected chi connectivity index (χ2v) is 14.3. The molecule has 0 radical (unpaired) electrons. The Balaban J connectivity index is 1.83. The molecular formula is C31H38O4Si. The number of hydrogen-bond acceptors (Lipinski definition) is 4. The third-order valence-electron chi connectivity index (χ3n) is 6.52. The Bertz CT molecular complexity index is 1080. The van der Waals surface area contributed by atoms with Crippen LogP contribution in [0.3, 0.4) is 0 Å². The molecule has 0 saturated carbocycles. The Morgan fingerprint density at radius 3 is 1.78 bits per heavy atom. The molecule has 0 heterocycles. The third-order valence-corrected chi connectivity index (χ3v) is 11.6. The predicted octanol–water partition coefficient (Wildman–Crippen LogP) is 5.66. The van der Waals surface area contributed by atoms with E-state index in [4.69, 9.17) is 13.9 Å². The molecule has 0 bridgehead atoms. The van der Waals surface area contributed by atoms with E-state index in [9.17, 15) is 4.79 Å². The lowest BCUT2D eigenvalue weighted by atomic mass is 10.1. The summed E-state index contributed by atoms with van der Waals surface area (Å²) < 4.78 is 17.9. The normalized spacial score (nSPS) is 12.7. The predicted molar refractivity (Wildman–Crippen MR) is 149 cm³/mol. The van der Waals surface area contributed by atoms with Crippen LogP contribution in [-0.4, -0.2) is 34.6 Å². The van der Waals surface area contributed by atoms with E-state index in [0.29, 0.717) is 25.2 Å². The molecule has 36 heavy (non-hydrogen) atoms. The van der Waals surface area contributed by atoms with Crippen LogP contribution in [0.15, 0.2) is 102 Å². The monoisotopic (exact) mass is 502 g/mol. The lowest BCUT2D eigenvalue weighted by Gasteiger charge is -2.43. The van der Waals surface area contributed by atoms with Crippen LogP contribution >= 0.6 is 0 Å². The first-order chi connectivity index (χ1) is 17.3. The van der Waals surface area contributed by atoms with Crippen molar-refractivity contribution < 1.29 is 18.7 Å². The van der Waals surface area contributed by atoms with Crippen molar-refractivity contribution in [2.45, 2.75) is 45.8 Å². The lowest BCUT2D eigenvalue weighted by molar-refractivity contribution is -0.136. The number of esters is 1. The van der Waals surface area contributed by atoms with Gasteiger partial charge in [0.1, 0.15) is 0 Å². The van der Waals surface area contributed by atoms with Gasteiger partial charge in [0.25, 0.3) is 8.32 Å². The summed E-state index contributed by atoms with van der Waals surface area (Å²) in [6.45, 7) is 9.89. The first-order valence-corrected chi connectivity index (χ1v) is 14.3. The molecule has 3 aromatic carbocycles. The van der Waals surface area contributed by atoms with Crippen molar-refractivity contribution >= 4 is 24.7 Å². The summed E-state index contributed by atoms with van der Waals surface area (Å²) in [5, 5.41) is 2.38. The number of carbonyl (C=O) groups excluding carboxylic acids is 1. The largest absolute Gasteiger partial charge is 0.466 e. The molecule has 0 aliphatic carbocycles. The molecule has 3 rings (SSSR count). The topological polar surface area (TPSA) is 44.8 Å². The Morgan fingerprint density at radius 2 is 1.31 bits per heavy atom. The molecule has 5 heteroatoms. The fraction of sp³-hybridized carbons (Fsp3) is 0.323. The van der Waals surface area contributed by atoms with Gasteiger partial charge >= 0.3 is 5.97 Å². The second-order valence-electron chi connectivity index (χ2n) is 9.99. The highest BCUT2D eigenvalue weighted by Crippen LogP contribution is 2.37. The van der Waals surface area contributed by atoms with Crippen LogP contribution in [0.25, 0.3) is 0 Å². The summed E-state index contributed by atoms with van der Waals surface area (Å²) in [6.07, 6.45) is 0.615. The zero-order chi connectivity index (χ0) is 26.0. The van der Waals surface area contributed by atoms with Crippen molar-refractivity contribution in [1.82, 2.24) is 0 Å². The summed E-state index contributed by atoms with van der Waals surface area (Å²) in [5.74, 6) is -0.356. The Kier molecular flexibility index (Phi) is 9.82. The zero-order valence-corrected chi connectivity index (χ0v) is 23.1. The Hall–Kier alpha value is -2.99. The first kappa shape index (κ1) is 27.6. The van der Waals surface area contributed by atoms with Gasteiger partial charge in [0.05, 0.1) is 25.9 Å². The van der Waals surface area contributed by atoms with E-state index >= 15 is 0 Å². The number of rotatable bonds is 11. The van der Waals surface area contributed by atoms with Gasteiger partial charge in [-0.05, 0) is 34.3 Å². The van der Waals surface area contributed by atoms with Crippen LogP contribution in [0, 0.1) is 0 Å². The summed E-state index contributed by atoms with van der Waals surface area (Å²) in [4.78, 5) is 12.6. The number of benzene rings is 3. The molecule has 4 nitrogen and oxygen atoms in total. The molecule has 0 aromatic heterocycles. The molecule has 0 unspecified atom stereocenters. The quantitative estimate of drug-likeness (QED) is 0.193. The minimum Gasteiger partial charge on any atom is -0.466 e. The van der Waals surface area contributed by atoms with Crippen molar-refractivity contribution in [3.63, 3.8) is 0 Å². The molecule has 0 aliphatic heterocycles. The Labute approximate surface area is 217 Å². The van der Waals surface area contributed by atoms with Crippen LogP contribution in [0.4, 0.5) is 0 Å². The molecule has 0 atom stereocenters. The molecule has 190 valence electrons. The van der Waals surface area contributed by atoms with Gasteiger partial charge < -0.3 is 13.9 Å². The molecule has 0 N–H and O–H groups in total. The number of carbonyl (C=O) groups is 1. The van der Waals surface area contributed by atoms with E-state index in [1.807, 2.05) is 49.4 Å². The van der Waals surface area contributed by atoms with E-state index in [1.165, 1.54) is 17.5 Å². The molecular weight excluding hydrogens is 464 g/mol. The van der Waals surface area contributed by atoms with Gasteiger partial charge in [0.15, 0.2) is 0 Å². The van der Waals surface area contributed by atoms with Crippen LogP contribution in [0.2, 0.25) is 5.04 Å². The fourth-order valence-electron chi connectivity index (χ4n) is 4.59. The average Bonchev–Trinajstić information content (AvgIpc) is 2.89. The average molecular weight is 503 g/mol. The molecule has 0 spiro atoms. The molecule has 3 aromatic rings. The maximum absolute atomic E-state index is 12.6. The fourth-order valence-corrected chi connectivity index (χ4v) is 9.16. The van der Waals surface area contributed by atoms with Gasteiger partial charge in [0.2, 0.25) is 0 Å². The van der Waals surface area contributed by atoms with Crippen LogP contribution in [0.1, 0.15) is 39.7 Å². The molecule has 0 saturated heterocycles. The van der Waals surface area contributed by atoms with E-state index in [0.717, 1.165) is 11.1 Å². The molecule has 0 amide bonds. The highest BCUT2D eigenvalue weighted by Gasteiger charge is 2.50. The van der Waals surface area contributed by atoms with Crippen molar-refractivity contribution in [3.8, 4) is 0 Å². The SMILES string of the molecule is COC(=O)/C(COCc1ccccc1)=C(\C)CCO[Si](c1ccccc1)(c1ccccc1)C(C)(C)C. The summed E-state index contributed by atoms with van der Waals surface area (Å²) in [6, 6.07) is 31.1. The lowest BCUT2D eigenvalue weighted by Crippen LogP contribution is -2.66. The summed E-state index contributed by atoms with van der Waals surface area (Å²) >= 11 is 0. The smallest absolute Gasteiger partial charge is 0.336 e. The van der Waals surface area contributed by atoms with E-state index in [1.54, 1.807) is 0 Å². The van der Waals surface area contributed by atoms with E-state index in [2.05, 4.69) is 69.3 Å². The minimum atomic E-state index is -2.63. The van der Waals surface area contributed by atoms with Crippen LogP contribution < -0.4 is 10.4 Å². The number of methoxy groups -OCH3 is 1. The molecule has 0 fully saturated rings. The van der Waals surface area contributed by atoms with Crippen molar-refractivity contribution in [3.05, 3.63) is 108 Å². The van der Waals surface area contributed by atoms with E-state index in [-0.39, 0.29) is 17.6 Å². The minimum absolute atomic E-state index is 0.0999. The maximum atomic E-state index is 12.6. The Morgan fingerprint density at radius 1 is 0.806 bits per heavy atom. The summed E-state index contributed by atoms with van der Waals surface area (Å²) in [5.41, 5.74) is 2.54. The third kappa shape index (κ3) is 6.61. The highest BCUT2D eigenvalue weighted by atomic mass is 28.4. The second kappa shape index (κ2) is 12.8. The van der Waals surface area contributed by atoms with Crippen LogP contribution in [-0.2, 0) is 25.3 Å². The van der Waals surface area contributed by atoms with Gasteiger partial charge in [-0.15, -0.1) is 0 Å². The van der Waals surface area contributed by atoms with Crippen molar-refractivity contribution in [2.24, 2.45) is 0 Å².